The molecule has 1 rings (SSSR count). The molecule has 4 heteroatoms. The van der Waals surface area contributed by atoms with Crippen LogP contribution in [0, 0.1) is 5.92 Å². The van der Waals surface area contributed by atoms with E-state index < -0.39 is 0 Å². The fraction of sp³-hybridized carbons (Fsp3) is 0.917. The van der Waals surface area contributed by atoms with Crippen LogP contribution >= 0.6 is 0 Å². The molecule has 0 aliphatic heterocycles. The smallest absolute Gasteiger partial charge is 0.189 e. The summed E-state index contributed by atoms with van der Waals surface area (Å²) in [5, 5.41) is 12.7. The molecule has 0 unspecified atom stereocenters. The molecule has 0 saturated heterocycles. The monoisotopic (exact) mass is 227 g/mol. The van der Waals surface area contributed by atoms with Gasteiger partial charge in [-0.1, -0.05) is 13.8 Å². The fourth-order valence-corrected chi connectivity index (χ4v) is 2.18. The predicted molar refractivity (Wildman–Crippen MR) is 67.4 cm³/mol. The van der Waals surface area contributed by atoms with Crippen molar-refractivity contribution in [3.8, 4) is 0 Å². The van der Waals surface area contributed by atoms with Crippen molar-refractivity contribution in [2.45, 2.75) is 51.5 Å². The van der Waals surface area contributed by atoms with Crippen LogP contribution in [-0.4, -0.2) is 29.8 Å². The Balaban J connectivity index is 2.53. The van der Waals surface area contributed by atoms with Gasteiger partial charge in [0, 0.05) is 6.54 Å². The number of nitrogens with zero attached hydrogens (tertiary/aromatic N) is 1. The highest BCUT2D eigenvalue weighted by Crippen LogP contribution is 2.31. The van der Waals surface area contributed by atoms with Crippen molar-refractivity contribution in [1.82, 2.24) is 5.32 Å². The van der Waals surface area contributed by atoms with Crippen molar-refractivity contribution in [2.24, 2.45) is 16.6 Å². The van der Waals surface area contributed by atoms with Gasteiger partial charge in [0.1, 0.15) is 0 Å². The van der Waals surface area contributed by atoms with Gasteiger partial charge >= 0.3 is 0 Å². The second-order valence-electron chi connectivity index (χ2n) is 5.01. The highest BCUT2D eigenvalue weighted by molar-refractivity contribution is 5.78. The molecule has 4 nitrogen and oxygen atoms in total. The molecule has 0 bridgehead atoms. The third-order valence-electron chi connectivity index (χ3n) is 3.43. The number of nitrogens with two attached hydrogens (primary N) is 1. The van der Waals surface area contributed by atoms with Gasteiger partial charge in [0.15, 0.2) is 5.96 Å². The molecule has 0 radical (unpaired) electrons. The summed E-state index contributed by atoms with van der Waals surface area (Å²) in [4.78, 5) is 4.22. The van der Waals surface area contributed by atoms with Gasteiger partial charge in [0.25, 0.3) is 0 Å². The van der Waals surface area contributed by atoms with Crippen molar-refractivity contribution >= 4 is 5.96 Å². The second-order valence-corrected chi connectivity index (χ2v) is 5.01. The summed E-state index contributed by atoms with van der Waals surface area (Å²) in [6.07, 6.45) is 5.24. The van der Waals surface area contributed by atoms with Gasteiger partial charge in [0.05, 0.1) is 12.1 Å². The van der Waals surface area contributed by atoms with Gasteiger partial charge in [-0.05, 0) is 38.0 Å². The van der Waals surface area contributed by atoms with Crippen molar-refractivity contribution in [3.63, 3.8) is 0 Å². The Kier molecular flexibility index (Phi) is 5.06. The molecule has 0 aromatic rings. The second kappa shape index (κ2) is 6.09. The van der Waals surface area contributed by atoms with Crippen molar-refractivity contribution in [2.75, 3.05) is 13.2 Å². The zero-order valence-corrected chi connectivity index (χ0v) is 10.5. The average molecular weight is 227 g/mol. The average Bonchev–Trinajstić information content (AvgIpc) is 2.30. The zero-order valence-electron chi connectivity index (χ0n) is 10.5. The molecular weight excluding hydrogens is 202 g/mol. The van der Waals surface area contributed by atoms with E-state index in [4.69, 9.17) is 5.73 Å². The molecule has 94 valence electrons. The Bertz CT molecular complexity index is 232. The Morgan fingerprint density at radius 2 is 2.12 bits per heavy atom. The molecule has 1 aliphatic rings. The lowest BCUT2D eigenvalue weighted by Gasteiger charge is -2.39. The van der Waals surface area contributed by atoms with E-state index in [2.05, 4.69) is 24.2 Å². The Morgan fingerprint density at radius 1 is 1.50 bits per heavy atom. The molecule has 1 saturated carbocycles. The molecule has 0 heterocycles. The first kappa shape index (κ1) is 13.3. The maximum Gasteiger partial charge on any atom is 0.189 e. The minimum Gasteiger partial charge on any atom is -0.394 e. The van der Waals surface area contributed by atoms with Gasteiger partial charge in [-0.2, -0.15) is 0 Å². The van der Waals surface area contributed by atoms with Crippen LogP contribution in [0.2, 0.25) is 0 Å². The summed E-state index contributed by atoms with van der Waals surface area (Å²) < 4.78 is 0. The summed E-state index contributed by atoms with van der Waals surface area (Å²) in [6.45, 7) is 5.22. The van der Waals surface area contributed by atoms with Crippen LogP contribution in [0.4, 0.5) is 0 Å². The zero-order chi connectivity index (χ0) is 12.0. The number of guanidine groups is 1. The van der Waals surface area contributed by atoms with E-state index in [-0.39, 0.29) is 12.1 Å². The molecule has 1 aliphatic carbocycles. The molecule has 1 fully saturated rings. The SMILES string of the molecule is CCCN=C(N)NC1(CO)CCC(C)CC1. The lowest BCUT2D eigenvalue weighted by atomic mass is 9.77. The number of aliphatic imine (C=N–C) groups is 1. The molecule has 0 atom stereocenters. The maximum absolute atomic E-state index is 9.53. The van der Waals surface area contributed by atoms with Crippen LogP contribution < -0.4 is 11.1 Å². The number of aliphatic hydroxyl groups excluding tert-OH is 1. The third kappa shape index (κ3) is 3.67. The highest BCUT2D eigenvalue weighted by atomic mass is 16.3. The predicted octanol–water partition coefficient (Wildman–Crippen LogP) is 1.24. The van der Waals surface area contributed by atoms with Crippen LogP contribution in [0.1, 0.15) is 46.0 Å². The number of hydrogen-bond acceptors (Lipinski definition) is 2. The number of nitrogens with one attached hydrogen (secondary N) is 1. The third-order valence-corrected chi connectivity index (χ3v) is 3.43. The lowest BCUT2D eigenvalue weighted by molar-refractivity contribution is 0.122. The normalized spacial score (nSPS) is 31.4. The van der Waals surface area contributed by atoms with Gasteiger partial charge in [0.2, 0.25) is 0 Å². The van der Waals surface area contributed by atoms with E-state index in [9.17, 15) is 5.11 Å². The lowest BCUT2D eigenvalue weighted by Crippen LogP contribution is -2.55. The Hall–Kier alpha value is -0.770. The Labute approximate surface area is 98.3 Å². The Morgan fingerprint density at radius 3 is 2.62 bits per heavy atom. The largest absolute Gasteiger partial charge is 0.394 e. The van der Waals surface area contributed by atoms with Gasteiger partial charge in [-0.25, -0.2) is 0 Å². The van der Waals surface area contributed by atoms with E-state index in [0.717, 1.165) is 44.6 Å². The topological polar surface area (TPSA) is 70.6 Å². The first-order valence-electron chi connectivity index (χ1n) is 6.31. The van der Waals surface area contributed by atoms with Crippen molar-refractivity contribution in [3.05, 3.63) is 0 Å². The summed E-state index contributed by atoms with van der Waals surface area (Å²) in [5.74, 6) is 1.24. The minimum atomic E-state index is -0.228. The molecular formula is C12H25N3O. The minimum absolute atomic E-state index is 0.141. The molecule has 16 heavy (non-hydrogen) atoms. The van der Waals surface area contributed by atoms with E-state index in [1.165, 1.54) is 0 Å². The first-order chi connectivity index (χ1) is 7.62. The van der Waals surface area contributed by atoms with Crippen molar-refractivity contribution in [1.29, 1.82) is 0 Å². The number of aliphatic hydroxyl groups is 1. The van der Waals surface area contributed by atoms with Crippen molar-refractivity contribution < 1.29 is 5.11 Å². The molecule has 0 aromatic heterocycles. The number of hydrogen-bond donors (Lipinski definition) is 3. The quantitative estimate of drug-likeness (QED) is 0.500. The maximum atomic E-state index is 9.53. The van der Waals surface area contributed by atoms with Crippen LogP contribution in [0.5, 0.6) is 0 Å². The van der Waals surface area contributed by atoms with E-state index in [1.807, 2.05) is 0 Å². The van der Waals surface area contributed by atoms with Gasteiger partial charge in [-0.3, -0.25) is 4.99 Å². The summed E-state index contributed by atoms with van der Waals surface area (Å²) in [5.41, 5.74) is 5.59. The summed E-state index contributed by atoms with van der Waals surface area (Å²) in [7, 11) is 0. The van der Waals surface area contributed by atoms with Gasteiger partial charge in [-0.15, -0.1) is 0 Å². The standard InChI is InChI=1S/C12H25N3O/c1-3-8-14-11(13)15-12(9-16)6-4-10(2)5-7-12/h10,16H,3-9H2,1-2H3,(H3,13,14,15). The van der Waals surface area contributed by atoms with E-state index in [1.54, 1.807) is 0 Å². The van der Waals surface area contributed by atoms with Crippen LogP contribution in [0.25, 0.3) is 0 Å². The highest BCUT2D eigenvalue weighted by Gasteiger charge is 2.33. The first-order valence-corrected chi connectivity index (χ1v) is 6.31. The summed E-state index contributed by atoms with van der Waals surface area (Å²) >= 11 is 0. The van der Waals surface area contributed by atoms with Crippen LogP contribution in [-0.2, 0) is 0 Å². The molecule has 0 spiro atoms. The molecule has 0 aromatic carbocycles. The van der Waals surface area contributed by atoms with E-state index in [0.29, 0.717) is 5.96 Å². The van der Waals surface area contributed by atoms with Gasteiger partial charge < -0.3 is 16.2 Å². The molecule has 0 amide bonds. The van der Waals surface area contributed by atoms with E-state index >= 15 is 0 Å². The fourth-order valence-electron chi connectivity index (χ4n) is 2.18. The van der Waals surface area contributed by atoms with Crippen LogP contribution in [0.3, 0.4) is 0 Å². The summed E-state index contributed by atoms with van der Waals surface area (Å²) in [6, 6.07) is 0. The molecule has 4 N–H and O–H groups in total. The number of rotatable bonds is 4. The van der Waals surface area contributed by atoms with Crippen LogP contribution in [0.15, 0.2) is 4.99 Å².